The van der Waals surface area contributed by atoms with E-state index in [1.165, 1.54) is 24.3 Å². The predicted octanol–water partition coefficient (Wildman–Crippen LogP) is 5.99. The summed E-state index contributed by atoms with van der Waals surface area (Å²) in [6, 6.07) is 28.4. The summed E-state index contributed by atoms with van der Waals surface area (Å²) in [5.74, 6) is -0.353. The third-order valence-corrected chi connectivity index (χ3v) is 14.1. The van der Waals surface area contributed by atoms with Gasteiger partial charge in [0.1, 0.15) is 5.78 Å². The van der Waals surface area contributed by atoms with Crippen molar-refractivity contribution in [2.24, 2.45) is 5.92 Å². The fourth-order valence-corrected chi connectivity index (χ4v) is 9.75. The van der Waals surface area contributed by atoms with Gasteiger partial charge in [-0.25, -0.2) is 26.5 Å². The largest absolute Gasteiger partial charge is 1.00 e. The molecular formula is C49H58ClN4NaO12S3Si. The third kappa shape index (κ3) is 29.3. The van der Waals surface area contributed by atoms with Crippen LogP contribution in [0.25, 0.3) is 9.69 Å². The second-order valence-electron chi connectivity index (χ2n) is 15.2. The number of benzene rings is 3. The topological polar surface area (TPSA) is 250 Å². The first-order valence-corrected chi connectivity index (χ1v) is 29.0. The monoisotopic (exact) mass is 1080 g/mol. The summed E-state index contributed by atoms with van der Waals surface area (Å²) in [4.78, 5) is 17.7. The maximum Gasteiger partial charge on any atom is 1.00 e. The van der Waals surface area contributed by atoms with Gasteiger partial charge in [-0.3, -0.25) is 9.00 Å². The van der Waals surface area contributed by atoms with E-state index in [9.17, 15) is 30.4 Å². The molecule has 3 unspecified atom stereocenters. The Morgan fingerprint density at radius 1 is 0.944 bits per heavy atom. The molecule has 16 nitrogen and oxygen atoms in total. The van der Waals surface area contributed by atoms with Gasteiger partial charge in [0, 0.05) is 41.6 Å². The van der Waals surface area contributed by atoms with Crippen LogP contribution < -0.4 is 29.6 Å². The molecule has 0 amide bonds. The Balaban J connectivity index is 0. The first-order valence-electron chi connectivity index (χ1n) is 21.0. The Hall–Kier alpha value is -4.85. The van der Waals surface area contributed by atoms with E-state index in [1.54, 1.807) is 72.8 Å². The molecule has 1 aliphatic heterocycles. The summed E-state index contributed by atoms with van der Waals surface area (Å²) < 4.78 is 84.3. The van der Waals surface area contributed by atoms with Gasteiger partial charge >= 0.3 is 29.6 Å². The Morgan fingerprint density at radius 3 is 1.79 bits per heavy atom. The van der Waals surface area contributed by atoms with E-state index in [2.05, 4.69) is 55.1 Å². The number of halogens is 1. The van der Waals surface area contributed by atoms with E-state index in [1.807, 2.05) is 12.1 Å². The van der Waals surface area contributed by atoms with Crippen molar-refractivity contribution in [1.29, 1.82) is 10.5 Å². The van der Waals surface area contributed by atoms with Gasteiger partial charge in [0.05, 0.1) is 78.4 Å². The zero-order valence-corrected chi connectivity index (χ0v) is 46.4. The van der Waals surface area contributed by atoms with E-state index in [0.717, 1.165) is 36.4 Å². The number of ketones is 1. The first-order chi connectivity index (χ1) is 33.0. The van der Waals surface area contributed by atoms with Crippen LogP contribution in [0.1, 0.15) is 38.5 Å². The molecule has 22 heteroatoms. The standard InChI is InChI=1S/C13H13NO3S.C9H7NO2S.C9H11NO2.C7H14OSi.C6H6O2S.C3H2ClN.C2H6O2.Na/c14-9-10-6-7-11(15)8-13(10)18(16,17)12-4-2-1-3-5-12;1-10-7-8-13(11,12)9-5-3-2-4-6-9;10-7-8-1-3-9(4-2-8)11-5-6-12-9;1-6-7(2)8-9(3,4)5;7-9(8)6-4-2-1-3-5-6;1-3(4)5-2;3-1-2-4;/h1-5,10,13H,6-8H2;2-8H;1H,2-6H2;6H,1-2H2,3-5H3;1-5H,(H,7,8);1H2;3-4H,1-2H2;/q;;;;;;;+1/p-1. The first kappa shape index (κ1) is 68.2. The average Bonchev–Trinajstić information content (AvgIpc) is 3.82. The number of Topliss-reactive ketones (excluding diaryl/α,β-unsaturated/α-hetero) is 1. The number of carbonyl (C=O) groups is 1. The number of rotatable bonds is 9. The molecule has 0 bridgehead atoms. The molecule has 0 aromatic heterocycles. The van der Waals surface area contributed by atoms with Crippen molar-refractivity contribution in [2.45, 2.75) is 83.9 Å². The molecule has 1 saturated carbocycles. The zero-order valence-electron chi connectivity index (χ0n) is 40.2. The molecule has 3 aromatic carbocycles. The van der Waals surface area contributed by atoms with Gasteiger partial charge in [0.2, 0.25) is 13.5 Å². The minimum Gasteiger partial charge on any atom is -0.768 e. The minimum atomic E-state index is -3.60. The molecule has 1 heterocycles. The van der Waals surface area contributed by atoms with Crippen LogP contribution in [0, 0.1) is 41.7 Å². The number of hydrogen-bond acceptors (Lipinski definition) is 14. The van der Waals surface area contributed by atoms with E-state index in [0.29, 0.717) is 36.7 Å². The fraction of sp³-hybridized carbons (Fsp3) is 0.327. The van der Waals surface area contributed by atoms with Gasteiger partial charge in [-0.15, -0.1) is 11.6 Å². The van der Waals surface area contributed by atoms with Crippen molar-refractivity contribution in [3.63, 3.8) is 0 Å². The van der Waals surface area contributed by atoms with E-state index < -0.39 is 50.2 Å². The number of allylic oxidation sites excluding steroid dienone is 2. The molecule has 1 spiro atoms. The molecule has 6 rings (SSSR count). The van der Waals surface area contributed by atoms with Crippen molar-refractivity contribution in [2.75, 3.05) is 26.4 Å². The van der Waals surface area contributed by atoms with Gasteiger partial charge in [0.15, 0.2) is 31.7 Å². The molecule has 0 radical (unpaired) electrons. The van der Waals surface area contributed by atoms with E-state index in [-0.39, 0.29) is 75.7 Å². The van der Waals surface area contributed by atoms with Crippen LogP contribution in [0.5, 0.6) is 0 Å². The average molecular weight is 1080 g/mol. The normalized spacial score (nSPS) is 16.6. The number of nitrogens with zero attached hydrogens (tertiary/aromatic N) is 4. The summed E-state index contributed by atoms with van der Waals surface area (Å²) in [6.45, 7) is 30.2. The Kier molecular flexibility index (Phi) is 35.5. The number of nitriles is 2. The van der Waals surface area contributed by atoms with Gasteiger partial charge in [-0.05, 0) is 86.0 Å². The Labute approximate surface area is 449 Å². The van der Waals surface area contributed by atoms with Crippen molar-refractivity contribution >= 4 is 56.5 Å². The molecule has 71 heavy (non-hydrogen) atoms. The second kappa shape index (κ2) is 37.0. The van der Waals surface area contributed by atoms with Crippen molar-refractivity contribution in [3.8, 4) is 12.1 Å². The smallest absolute Gasteiger partial charge is 0.768 e. The molecular weight excluding hydrogens is 1020 g/mol. The van der Waals surface area contributed by atoms with Crippen LogP contribution in [0.3, 0.4) is 0 Å². The van der Waals surface area contributed by atoms with Crippen LogP contribution in [0.4, 0.5) is 0 Å². The number of hydrogen-bond donors (Lipinski definition) is 2. The van der Waals surface area contributed by atoms with E-state index in [4.69, 9.17) is 59.4 Å². The van der Waals surface area contributed by atoms with E-state index >= 15 is 0 Å². The van der Waals surface area contributed by atoms with Crippen LogP contribution in [0.15, 0.2) is 166 Å². The van der Waals surface area contributed by atoms with Crippen LogP contribution in [-0.2, 0) is 49.4 Å². The molecule has 3 atom stereocenters. The third-order valence-electron chi connectivity index (χ3n) is 8.85. The summed E-state index contributed by atoms with van der Waals surface area (Å²) in [7, 11) is -8.43. The van der Waals surface area contributed by atoms with Crippen molar-refractivity contribution < 1.29 is 84.1 Å². The fourth-order valence-electron chi connectivity index (χ4n) is 5.66. The number of aliphatic hydroxyl groups excluding tert-OH is 2. The Morgan fingerprint density at radius 2 is 1.44 bits per heavy atom. The SMILES string of the molecule is C=CC(=C)O[Si](C)(C)C.N#CC1=CCC2(CC1)OCCO2.N#CC1CCC(=O)CC1S(=O)(=O)c1ccccc1.O=S([O-])c1ccccc1.OCCO.[C-]#[N+]C(=C)Cl.[C-]#[N+]C=CS(=O)(=O)c1ccccc1.[Na+]. The molecule has 2 fully saturated rings. The number of ether oxygens (including phenoxy) is 2. The predicted molar refractivity (Wildman–Crippen MR) is 270 cm³/mol. The van der Waals surface area contributed by atoms with Crippen molar-refractivity contribution in [3.05, 3.63) is 174 Å². The van der Waals surface area contributed by atoms with Gasteiger partial charge in [0.25, 0.3) is 0 Å². The van der Waals surface area contributed by atoms with Gasteiger partial charge < -0.3 is 28.7 Å². The number of sulfone groups is 2. The minimum absolute atomic E-state index is 0. The van der Waals surface area contributed by atoms with Crippen LogP contribution in [0.2, 0.25) is 19.6 Å². The van der Waals surface area contributed by atoms with Crippen LogP contribution in [-0.4, -0.2) is 87.4 Å². The summed E-state index contributed by atoms with van der Waals surface area (Å²) in [6.07, 6.45) is 7.44. The second-order valence-corrected chi connectivity index (χ2v) is 25.0. The molecule has 2 N–H and O–H groups in total. The molecule has 3 aliphatic rings. The summed E-state index contributed by atoms with van der Waals surface area (Å²) in [5, 5.41) is 32.9. The van der Waals surface area contributed by atoms with Gasteiger partial charge in [-0.2, -0.15) is 10.5 Å². The molecule has 376 valence electrons. The maximum atomic E-state index is 12.4. The number of aliphatic hydroxyl groups is 2. The maximum absolute atomic E-state index is 12.4. The van der Waals surface area contributed by atoms with Gasteiger partial charge in [-0.1, -0.05) is 80.4 Å². The summed E-state index contributed by atoms with van der Waals surface area (Å²) >= 11 is 2.83. The summed E-state index contributed by atoms with van der Waals surface area (Å²) in [5.41, 5.74) is 0.861. The Bertz CT molecular complexity index is 2600. The molecule has 1 saturated heterocycles. The zero-order chi connectivity index (χ0) is 53.2. The van der Waals surface area contributed by atoms with Crippen molar-refractivity contribution in [1.82, 2.24) is 0 Å². The number of carbonyl (C=O) groups excluding carboxylic acids is 1. The molecule has 3 aromatic rings. The quantitative estimate of drug-likeness (QED) is 0.0624. The van der Waals surface area contributed by atoms with Crippen LogP contribution >= 0.6 is 11.6 Å². The molecule has 2 aliphatic carbocycles.